The number of hydrogen-bond donors (Lipinski definition) is 0. The molecule has 1 fully saturated rings. The predicted octanol–water partition coefficient (Wildman–Crippen LogP) is 3.79. The highest BCUT2D eigenvalue weighted by Crippen LogP contribution is 2.21. The van der Waals surface area contributed by atoms with Crippen LogP contribution in [0.5, 0.6) is 5.75 Å². The van der Waals surface area contributed by atoms with Crippen LogP contribution in [0.15, 0.2) is 78.9 Å². The quantitative estimate of drug-likeness (QED) is 0.519. The third-order valence-electron chi connectivity index (χ3n) is 5.87. The first-order valence-corrected chi connectivity index (χ1v) is 11.1. The van der Waals surface area contributed by atoms with Crippen molar-refractivity contribution in [3.63, 3.8) is 0 Å². The van der Waals surface area contributed by atoms with Crippen LogP contribution >= 0.6 is 0 Å². The standard InChI is InChI=1S/C27H28N2O4/c1-32-24-13-11-23(12-14-24)28-15-17-29(18-16-28)26(30)20-33-27(31)25-10-6-5-9-22(25)19-21-7-3-2-4-8-21/h2-14H,15-20H2,1H3. The highest BCUT2D eigenvalue weighted by Gasteiger charge is 2.23. The highest BCUT2D eigenvalue weighted by atomic mass is 16.5. The molecule has 1 aliphatic heterocycles. The number of piperazine rings is 1. The van der Waals surface area contributed by atoms with Crippen molar-refractivity contribution >= 4 is 17.6 Å². The van der Waals surface area contributed by atoms with E-state index in [4.69, 9.17) is 9.47 Å². The van der Waals surface area contributed by atoms with Gasteiger partial charge in [0.15, 0.2) is 6.61 Å². The maximum absolute atomic E-state index is 12.7. The molecule has 6 heteroatoms. The Kier molecular flexibility index (Phi) is 7.25. The number of esters is 1. The predicted molar refractivity (Wildman–Crippen MR) is 128 cm³/mol. The first-order chi connectivity index (χ1) is 16.1. The maximum Gasteiger partial charge on any atom is 0.338 e. The number of amides is 1. The van der Waals surface area contributed by atoms with E-state index in [-0.39, 0.29) is 12.5 Å². The summed E-state index contributed by atoms with van der Waals surface area (Å²) in [5.74, 6) is 0.185. The summed E-state index contributed by atoms with van der Waals surface area (Å²) in [6, 6.07) is 25.3. The summed E-state index contributed by atoms with van der Waals surface area (Å²) >= 11 is 0. The number of benzene rings is 3. The largest absolute Gasteiger partial charge is 0.497 e. The third-order valence-corrected chi connectivity index (χ3v) is 5.87. The van der Waals surface area contributed by atoms with Crippen LogP contribution in [0.3, 0.4) is 0 Å². The van der Waals surface area contributed by atoms with Crippen LogP contribution in [0, 0.1) is 0 Å². The fourth-order valence-electron chi connectivity index (χ4n) is 3.99. The number of carbonyl (C=O) groups excluding carboxylic acids is 2. The zero-order chi connectivity index (χ0) is 23.0. The Morgan fingerprint density at radius 1 is 0.818 bits per heavy atom. The molecule has 6 nitrogen and oxygen atoms in total. The van der Waals surface area contributed by atoms with Crippen LogP contribution in [0.4, 0.5) is 5.69 Å². The van der Waals surface area contributed by atoms with Crippen LogP contribution in [-0.2, 0) is 16.0 Å². The first-order valence-electron chi connectivity index (χ1n) is 11.1. The topological polar surface area (TPSA) is 59.1 Å². The molecule has 4 rings (SSSR count). The van der Waals surface area contributed by atoms with Crippen molar-refractivity contribution in [2.24, 2.45) is 0 Å². The molecule has 3 aromatic carbocycles. The van der Waals surface area contributed by atoms with Gasteiger partial charge < -0.3 is 19.3 Å². The lowest BCUT2D eigenvalue weighted by atomic mass is 10.00. The molecule has 0 bridgehead atoms. The molecule has 1 amide bonds. The summed E-state index contributed by atoms with van der Waals surface area (Å²) in [5, 5.41) is 0. The van der Waals surface area contributed by atoms with Gasteiger partial charge in [0.2, 0.25) is 0 Å². The van der Waals surface area contributed by atoms with Crippen molar-refractivity contribution in [1.82, 2.24) is 4.90 Å². The van der Waals surface area contributed by atoms with Gasteiger partial charge in [-0.1, -0.05) is 48.5 Å². The van der Waals surface area contributed by atoms with Gasteiger partial charge in [0.25, 0.3) is 5.91 Å². The van der Waals surface area contributed by atoms with Crippen LogP contribution in [-0.4, -0.2) is 56.7 Å². The smallest absolute Gasteiger partial charge is 0.338 e. The highest BCUT2D eigenvalue weighted by molar-refractivity contribution is 5.93. The number of methoxy groups -OCH3 is 1. The molecule has 1 aliphatic rings. The molecule has 33 heavy (non-hydrogen) atoms. The Balaban J connectivity index is 1.29. The molecule has 1 heterocycles. The summed E-state index contributed by atoms with van der Waals surface area (Å²) in [6.45, 7) is 2.39. The molecule has 0 aliphatic carbocycles. The van der Waals surface area contributed by atoms with Gasteiger partial charge in [0.1, 0.15) is 5.75 Å². The van der Waals surface area contributed by atoms with Gasteiger partial charge in [-0.05, 0) is 47.9 Å². The zero-order valence-corrected chi connectivity index (χ0v) is 18.8. The van der Waals surface area contributed by atoms with Crippen molar-refractivity contribution in [2.75, 3.05) is 44.8 Å². The second-order valence-electron chi connectivity index (χ2n) is 7.96. The Hall–Kier alpha value is -3.80. The van der Waals surface area contributed by atoms with E-state index in [1.807, 2.05) is 72.8 Å². The molecule has 0 spiro atoms. The van der Waals surface area contributed by atoms with E-state index in [9.17, 15) is 9.59 Å². The van der Waals surface area contributed by atoms with E-state index in [1.54, 1.807) is 18.1 Å². The lowest BCUT2D eigenvalue weighted by Crippen LogP contribution is -2.49. The summed E-state index contributed by atoms with van der Waals surface area (Å²) in [5.41, 5.74) is 3.60. The third kappa shape index (κ3) is 5.71. The minimum absolute atomic E-state index is 0.168. The van der Waals surface area contributed by atoms with E-state index >= 15 is 0 Å². The fourth-order valence-corrected chi connectivity index (χ4v) is 3.99. The van der Waals surface area contributed by atoms with Crippen molar-refractivity contribution in [1.29, 1.82) is 0 Å². The van der Waals surface area contributed by atoms with Crippen LogP contribution in [0.25, 0.3) is 0 Å². The second kappa shape index (κ2) is 10.7. The van der Waals surface area contributed by atoms with Gasteiger partial charge >= 0.3 is 5.97 Å². The van der Waals surface area contributed by atoms with Crippen molar-refractivity contribution < 1.29 is 19.1 Å². The Morgan fingerprint density at radius 2 is 1.48 bits per heavy atom. The molecule has 0 unspecified atom stereocenters. The second-order valence-corrected chi connectivity index (χ2v) is 7.96. The SMILES string of the molecule is COc1ccc(N2CCN(C(=O)COC(=O)c3ccccc3Cc3ccccc3)CC2)cc1. The number of rotatable bonds is 7. The molecule has 1 saturated heterocycles. The molecule has 0 aromatic heterocycles. The lowest BCUT2D eigenvalue weighted by molar-refractivity contribution is -0.134. The average Bonchev–Trinajstić information content (AvgIpc) is 2.88. The van der Waals surface area contributed by atoms with Crippen molar-refractivity contribution in [3.05, 3.63) is 95.6 Å². The van der Waals surface area contributed by atoms with Crippen LogP contribution < -0.4 is 9.64 Å². The number of carbonyl (C=O) groups is 2. The molecule has 0 saturated carbocycles. The molecule has 170 valence electrons. The Bertz CT molecular complexity index is 1070. The number of ether oxygens (including phenoxy) is 2. The van der Waals surface area contributed by atoms with E-state index in [1.165, 1.54) is 0 Å². The maximum atomic E-state index is 12.7. The molecule has 0 radical (unpaired) electrons. The molecule has 0 N–H and O–H groups in total. The summed E-state index contributed by atoms with van der Waals surface area (Å²) in [7, 11) is 1.65. The fraction of sp³-hybridized carbons (Fsp3) is 0.259. The van der Waals surface area contributed by atoms with Gasteiger partial charge in [-0.3, -0.25) is 4.79 Å². The molecular weight excluding hydrogens is 416 g/mol. The lowest BCUT2D eigenvalue weighted by Gasteiger charge is -2.36. The normalized spacial score (nSPS) is 13.5. The summed E-state index contributed by atoms with van der Waals surface area (Å²) in [4.78, 5) is 29.4. The van der Waals surface area contributed by atoms with E-state index < -0.39 is 5.97 Å². The van der Waals surface area contributed by atoms with Gasteiger partial charge in [0, 0.05) is 31.9 Å². The molecule has 0 atom stereocenters. The average molecular weight is 445 g/mol. The van der Waals surface area contributed by atoms with E-state index in [0.29, 0.717) is 25.1 Å². The van der Waals surface area contributed by atoms with Crippen LogP contribution in [0.1, 0.15) is 21.5 Å². The Morgan fingerprint density at radius 3 is 2.18 bits per heavy atom. The first kappa shape index (κ1) is 22.4. The van der Waals surface area contributed by atoms with Crippen LogP contribution in [0.2, 0.25) is 0 Å². The van der Waals surface area contributed by atoms with Gasteiger partial charge in [-0.15, -0.1) is 0 Å². The summed E-state index contributed by atoms with van der Waals surface area (Å²) in [6.07, 6.45) is 0.632. The Labute approximate surface area is 194 Å². The van der Waals surface area contributed by atoms with Gasteiger partial charge in [0.05, 0.1) is 12.7 Å². The number of hydrogen-bond acceptors (Lipinski definition) is 5. The zero-order valence-electron chi connectivity index (χ0n) is 18.8. The number of anilines is 1. The monoisotopic (exact) mass is 444 g/mol. The van der Waals surface area contributed by atoms with Gasteiger partial charge in [-0.25, -0.2) is 4.79 Å². The minimum Gasteiger partial charge on any atom is -0.497 e. The minimum atomic E-state index is -0.466. The van der Waals surface area contributed by atoms with Crippen molar-refractivity contribution in [2.45, 2.75) is 6.42 Å². The number of nitrogens with zero attached hydrogens (tertiary/aromatic N) is 2. The summed E-state index contributed by atoms with van der Waals surface area (Å²) < 4.78 is 10.6. The van der Waals surface area contributed by atoms with Gasteiger partial charge in [-0.2, -0.15) is 0 Å². The van der Waals surface area contributed by atoms with Crippen molar-refractivity contribution in [3.8, 4) is 5.75 Å². The molecule has 3 aromatic rings. The van der Waals surface area contributed by atoms with E-state index in [2.05, 4.69) is 4.90 Å². The molecular formula is C27H28N2O4. The van der Waals surface area contributed by atoms with E-state index in [0.717, 1.165) is 35.7 Å².